The molecule has 3 rings (SSSR count). The highest BCUT2D eigenvalue weighted by molar-refractivity contribution is 7.99. The summed E-state index contributed by atoms with van der Waals surface area (Å²) in [4.78, 5) is 5.31. The Hall–Kier alpha value is -1.98. The Morgan fingerprint density at radius 3 is 2.71 bits per heavy atom. The zero-order chi connectivity index (χ0) is 14.8. The Morgan fingerprint density at radius 2 is 2.00 bits per heavy atom. The fourth-order valence-electron chi connectivity index (χ4n) is 2.19. The van der Waals surface area contributed by atoms with Crippen LogP contribution in [0.1, 0.15) is 18.6 Å². The van der Waals surface area contributed by atoms with Crippen LogP contribution in [0.2, 0.25) is 0 Å². The van der Waals surface area contributed by atoms with E-state index in [2.05, 4.69) is 4.98 Å². The van der Waals surface area contributed by atoms with Crippen molar-refractivity contribution < 1.29 is 14.3 Å². The number of hydrogen-bond donors (Lipinski definition) is 1. The molecule has 0 fully saturated rings. The summed E-state index contributed by atoms with van der Waals surface area (Å²) in [5, 5.41) is 10.5. The van der Waals surface area contributed by atoms with Crippen LogP contribution in [0.4, 0.5) is 0 Å². The van der Waals surface area contributed by atoms with Crippen LogP contribution in [0.25, 0.3) is 11.1 Å². The molecule has 108 valence electrons. The Kier molecular flexibility index (Phi) is 3.86. The number of hydrogen-bond acceptors (Lipinski definition) is 5. The number of para-hydroxylation sites is 2. The van der Waals surface area contributed by atoms with Crippen LogP contribution in [0.3, 0.4) is 0 Å². The molecule has 1 atom stereocenters. The maximum absolute atomic E-state index is 9.99. The van der Waals surface area contributed by atoms with E-state index < -0.39 is 6.10 Å². The molecule has 1 aromatic heterocycles. The van der Waals surface area contributed by atoms with Crippen molar-refractivity contribution >= 4 is 22.9 Å². The predicted octanol–water partition coefficient (Wildman–Crippen LogP) is 4.04. The average molecular weight is 301 g/mol. The highest BCUT2D eigenvalue weighted by atomic mass is 32.2. The molecule has 0 saturated heterocycles. The number of ether oxygens (including phenoxy) is 1. The van der Waals surface area contributed by atoms with Gasteiger partial charge in [-0.05, 0) is 43.0 Å². The molecule has 0 aliphatic heterocycles. The van der Waals surface area contributed by atoms with Crippen LogP contribution in [0, 0.1) is 0 Å². The van der Waals surface area contributed by atoms with Crippen molar-refractivity contribution in [1.82, 2.24) is 4.98 Å². The van der Waals surface area contributed by atoms with Crippen molar-refractivity contribution in [3.8, 4) is 5.75 Å². The van der Waals surface area contributed by atoms with Gasteiger partial charge in [-0.25, -0.2) is 4.98 Å². The molecule has 0 saturated carbocycles. The van der Waals surface area contributed by atoms with E-state index in [1.807, 2.05) is 42.5 Å². The second-order valence-corrected chi connectivity index (χ2v) is 5.59. The van der Waals surface area contributed by atoms with E-state index in [4.69, 9.17) is 9.15 Å². The van der Waals surface area contributed by atoms with Gasteiger partial charge in [-0.15, -0.1) is 0 Å². The Labute approximate surface area is 126 Å². The molecule has 1 heterocycles. The first kappa shape index (κ1) is 14.0. The van der Waals surface area contributed by atoms with Crippen LogP contribution < -0.4 is 4.74 Å². The number of aromatic nitrogens is 1. The first-order valence-electron chi connectivity index (χ1n) is 6.57. The molecule has 0 unspecified atom stereocenters. The number of rotatable bonds is 4. The molecule has 5 heteroatoms. The molecule has 0 radical (unpaired) electrons. The zero-order valence-electron chi connectivity index (χ0n) is 11.7. The fraction of sp³-hybridized carbons (Fsp3) is 0.188. The number of methoxy groups -OCH3 is 1. The van der Waals surface area contributed by atoms with E-state index in [-0.39, 0.29) is 0 Å². The molecule has 21 heavy (non-hydrogen) atoms. The van der Waals surface area contributed by atoms with Crippen LogP contribution in [0.15, 0.2) is 57.0 Å². The van der Waals surface area contributed by atoms with Crippen molar-refractivity contribution in [2.75, 3.05) is 7.11 Å². The summed E-state index contributed by atoms with van der Waals surface area (Å²) < 4.78 is 11.0. The quantitative estimate of drug-likeness (QED) is 0.788. The molecule has 0 amide bonds. The summed E-state index contributed by atoms with van der Waals surface area (Å²) in [6.07, 6.45) is -0.631. The predicted molar refractivity (Wildman–Crippen MR) is 81.8 cm³/mol. The third-order valence-electron chi connectivity index (χ3n) is 3.14. The van der Waals surface area contributed by atoms with E-state index in [0.717, 1.165) is 21.6 Å². The average Bonchev–Trinajstić information content (AvgIpc) is 2.88. The molecule has 0 aliphatic carbocycles. The van der Waals surface area contributed by atoms with E-state index in [9.17, 15) is 5.11 Å². The first-order chi connectivity index (χ1) is 10.2. The molecule has 0 bridgehead atoms. The number of nitrogens with zero attached hydrogens (tertiary/aromatic N) is 1. The lowest BCUT2D eigenvalue weighted by Gasteiger charge is -2.14. The van der Waals surface area contributed by atoms with Gasteiger partial charge in [-0.1, -0.05) is 18.2 Å². The lowest BCUT2D eigenvalue weighted by molar-refractivity contribution is 0.191. The van der Waals surface area contributed by atoms with Crippen LogP contribution >= 0.6 is 11.8 Å². The standard InChI is InChI=1S/C16H15NO3S/c1-10(18)15-13(19-2)8-5-9-14(15)21-16-17-11-6-3-4-7-12(11)20-16/h3-10,18H,1-2H3/t10-/m0/s1. The third kappa shape index (κ3) is 2.75. The molecule has 2 aromatic carbocycles. The minimum Gasteiger partial charge on any atom is -0.496 e. The van der Waals surface area contributed by atoms with Crippen molar-refractivity contribution in [1.29, 1.82) is 0 Å². The van der Waals surface area contributed by atoms with Gasteiger partial charge in [0.05, 0.1) is 13.2 Å². The highest BCUT2D eigenvalue weighted by Crippen LogP contribution is 2.38. The second kappa shape index (κ2) is 5.79. The normalized spacial score (nSPS) is 12.5. The monoisotopic (exact) mass is 301 g/mol. The van der Waals surface area contributed by atoms with E-state index >= 15 is 0 Å². The van der Waals surface area contributed by atoms with E-state index in [0.29, 0.717) is 11.0 Å². The topological polar surface area (TPSA) is 55.5 Å². The maximum Gasteiger partial charge on any atom is 0.261 e. The smallest absolute Gasteiger partial charge is 0.261 e. The Balaban J connectivity index is 2.01. The third-order valence-corrected chi connectivity index (χ3v) is 4.06. The van der Waals surface area contributed by atoms with Gasteiger partial charge < -0.3 is 14.3 Å². The van der Waals surface area contributed by atoms with Gasteiger partial charge in [0, 0.05) is 10.5 Å². The highest BCUT2D eigenvalue weighted by Gasteiger charge is 2.17. The van der Waals surface area contributed by atoms with E-state index in [1.54, 1.807) is 14.0 Å². The minimum absolute atomic E-state index is 0.548. The largest absolute Gasteiger partial charge is 0.496 e. The first-order valence-corrected chi connectivity index (χ1v) is 7.39. The maximum atomic E-state index is 9.99. The van der Waals surface area contributed by atoms with Gasteiger partial charge in [-0.3, -0.25) is 0 Å². The summed E-state index contributed by atoms with van der Waals surface area (Å²) >= 11 is 1.38. The molecule has 4 nitrogen and oxygen atoms in total. The van der Waals surface area contributed by atoms with Gasteiger partial charge in [0.2, 0.25) is 0 Å². The Morgan fingerprint density at radius 1 is 1.19 bits per heavy atom. The zero-order valence-corrected chi connectivity index (χ0v) is 12.6. The fourth-order valence-corrected chi connectivity index (χ4v) is 3.18. The Bertz CT molecular complexity index is 734. The van der Waals surface area contributed by atoms with Gasteiger partial charge in [0.25, 0.3) is 5.22 Å². The molecule has 0 aliphatic rings. The van der Waals surface area contributed by atoms with Crippen molar-refractivity contribution in [2.24, 2.45) is 0 Å². The molecule has 1 N–H and O–H groups in total. The number of oxazole rings is 1. The van der Waals surface area contributed by atoms with Gasteiger partial charge in [0.15, 0.2) is 5.58 Å². The molecule has 0 spiro atoms. The SMILES string of the molecule is COc1cccc(Sc2nc3ccccc3o2)c1[C@H](C)O. The molecule has 3 aromatic rings. The van der Waals surface area contributed by atoms with Crippen LogP contribution in [-0.4, -0.2) is 17.2 Å². The molecular weight excluding hydrogens is 286 g/mol. The number of fused-ring (bicyclic) bond motifs is 1. The summed E-state index contributed by atoms with van der Waals surface area (Å²) in [6.45, 7) is 1.72. The van der Waals surface area contributed by atoms with E-state index in [1.165, 1.54) is 11.8 Å². The summed E-state index contributed by atoms with van der Waals surface area (Å²) in [6, 6.07) is 13.3. The molecular formula is C16H15NO3S. The lowest BCUT2D eigenvalue weighted by Crippen LogP contribution is -1.98. The van der Waals surface area contributed by atoms with Gasteiger partial charge in [-0.2, -0.15) is 0 Å². The lowest BCUT2D eigenvalue weighted by atomic mass is 10.1. The summed E-state index contributed by atoms with van der Waals surface area (Å²) in [7, 11) is 1.59. The van der Waals surface area contributed by atoms with Gasteiger partial charge in [0.1, 0.15) is 11.3 Å². The van der Waals surface area contributed by atoms with Crippen molar-refractivity contribution in [3.05, 3.63) is 48.0 Å². The van der Waals surface area contributed by atoms with Crippen molar-refractivity contribution in [2.45, 2.75) is 23.1 Å². The number of benzene rings is 2. The number of aliphatic hydroxyl groups excluding tert-OH is 1. The van der Waals surface area contributed by atoms with Crippen LogP contribution in [-0.2, 0) is 0 Å². The van der Waals surface area contributed by atoms with Gasteiger partial charge >= 0.3 is 0 Å². The minimum atomic E-state index is -0.631. The van der Waals surface area contributed by atoms with Crippen LogP contribution in [0.5, 0.6) is 5.75 Å². The second-order valence-electron chi connectivity index (χ2n) is 4.60. The number of aliphatic hydroxyl groups is 1. The van der Waals surface area contributed by atoms with Crippen molar-refractivity contribution in [3.63, 3.8) is 0 Å². The summed E-state index contributed by atoms with van der Waals surface area (Å²) in [5.41, 5.74) is 2.32. The summed E-state index contributed by atoms with van der Waals surface area (Å²) in [5.74, 6) is 0.658.